The predicted octanol–water partition coefficient (Wildman–Crippen LogP) is 3.95. The van der Waals surface area contributed by atoms with E-state index in [1.807, 2.05) is 0 Å². The molecule has 0 radical (unpaired) electrons. The lowest BCUT2D eigenvalue weighted by atomic mass is 9.86. The minimum Gasteiger partial charge on any atom is -0.375 e. The van der Waals surface area contributed by atoms with E-state index in [1.54, 1.807) is 30.3 Å². The van der Waals surface area contributed by atoms with Crippen molar-refractivity contribution in [2.24, 2.45) is 0 Å². The van der Waals surface area contributed by atoms with Crippen LogP contribution in [0.25, 0.3) is 0 Å². The molecular formula is C14H8Cl4O3. The van der Waals surface area contributed by atoms with E-state index < -0.39 is 33.7 Å². The molecule has 0 fully saturated rings. The van der Waals surface area contributed by atoms with E-state index in [1.165, 1.54) is 0 Å². The SMILES string of the molecule is O=C(CC1(O)C(=O)C(Cl)=C(Cl)C(Cl)=C1Cl)c1ccccc1. The summed E-state index contributed by atoms with van der Waals surface area (Å²) in [4.78, 5) is 24.3. The van der Waals surface area contributed by atoms with E-state index in [2.05, 4.69) is 0 Å². The van der Waals surface area contributed by atoms with Crippen LogP contribution in [0, 0.1) is 0 Å². The fraction of sp³-hybridized carbons (Fsp3) is 0.143. The molecule has 7 heteroatoms. The zero-order valence-electron chi connectivity index (χ0n) is 10.4. The van der Waals surface area contributed by atoms with Crippen LogP contribution in [0.3, 0.4) is 0 Å². The molecular weight excluding hydrogens is 358 g/mol. The number of benzene rings is 1. The molecule has 2 rings (SSSR count). The van der Waals surface area contributed by atoms with E-state index in [4.69, 9.17) is 46.4 Å². The van der Waals surface area contributed by atoms with E-state index in [-0.39, 0.29) is 10.1 Å². The Balaban J connectivity index is 2.39. The second kappa shape index (κ2) is 6.11. The van der Waals surface area contributed by atoms with Gasteiger partial charge in [-0.2, -0.15) is 0 Å². The summed E-state index contributed by atoms with van der Waals surface area (Å²) in [6, 6.07) is 8.17. The number of aliphatic hydroxyl groups is 1. The maximum Gasteiger partial charge on any atom is 0.213 e. The molecule has 0 aromatic heterocycles. The van der Waals surface area contributed by atoms with Crippen molar-refractivity contribution < 1.29 is 14.7 Å². The van der Waals surface area contributed by atoms with Crippen molar-refractivity contribution in [3.63, 3.8) is 0 Å². The molecule has 0 bridgehead atoms. The summed E-state index contributed by atoms with van der Waals surface area (Å²) in [6.07, 6.45) is -0.578. The number of halogens is 4. The van der Waals surface area contributed by atoms with Gasteiger partial charge in [0.15, 0.2) is 11.4 Å². The Hall–Kier alpha value is -0.840. The average molecular weight is 366 g/mol. The minimum atomic E-state index is -2.30. The van der Waals surface area contributed by atoms with Gasteiger partial charge in [0.25, 0.3) is 0 Å². The highest BCUT2D eigenvalue weighted by Crippen LogP contribution is 2.44. The zero-order valence-corrected chi connectivity index (χ0v) is 13.4. The third kappa shape index (κ3) is 2.89. The summed E-state index contributed by atoms with van der Waals surface area (Å²) in [5.74, 6) is -1.43. The number of Topliss-reactive ketones (excluding diaryl/α,β-unsaturated/α-hetero) is 2. The normalized spacial score (nSPS) is 22.8. The Morgan fingerprint density at radius 1 is 1.00 bits per heavy atom. The van der Waals surface area contributed by atoms with Crippen molar-refractivity contribution in [2.45, 2.75) is 12.0 Å². The molecule has 0 amide bonds. The Morgan fingerprint density at radius 2 is 1.57 bits per heavy atom. The highest BCUT2D eigenvalue weighted by Gasteiger charge is 2.48. The number of carbonyl (C=O) groups is 2. The highest BCUT2D eigenvalue weighted by molar-refractivity contribution is 6.58. The van der Waals surface area contributed by atoms with Crippen LogP contribution in [0.15, 0.2) is 50.5 Å². The van der Waals surface area contributed by atoms with Crippen LogP contribution in [0.4, 0.5) is 0 Å². The second-order valence-corrected chi connectivity index (χ2v) is 5.92. The molecule has 0 spiro atoms. The quantitative estimate of drug-likeness (QED) is 0.825. The topological polar surface area (TPSA) is 54.4 Å². The summed E-state index contributed by atoms with van der Waals surface area (Å²) in [6.45, 7) is 0. The minimum absolute atomic E-state index is 0.244. The van der Waals surface area contributed by atoms with E-state index in [9.17, 15) is 14.7 Å². The van der Waals surface area contributed by atoms with Crippen molar-refractivity contribution in [1.29, 1.82) is 0 Å². The molecule has 0 saturated heterocycles. The molecule has 1 aliphatic rings. The fourth-order valence-electron chi connectivity index (χ4n) is 1.87. The maximum atomic E-state index is 12.2. The maximum absolute atomic E-state index is 12.2. The summed E-state index contributed by atoms with van der Waals surface area (Å²) >= 11 is 23.2. The summed E-state index contributed by atoms with van der Waals surface area (Å²) in [5.41, 5.74) is -1.97. The van der Waals surface area contributed by atoms with Crippen LogP contribution in [0.1, 0.15) is 16.8 Å². The molecule has 0 aliphatic heterocycles. The number of rotatable bonds is 3. The van der Waals surface area contributed by atoms with Crippen LogP contribution in [0.2, 0.25) is 0 Å². The van der Waals surface area contributed by atoms with Gasteiger partial charge < -0.3 is 5.11 Å². The second-order valence-electron chi connectivity index (χ2n) is 4.41. The van der Waals surface area contributed by atoms with Crippen molar-refractivity contribution in [3.05, 3.63) is 56.0 Å². The van der Waals surface area contributed by atoms with Crippen LogP contribution in [0.5, 0.6) is 0 Å². The van der Waals surface area contributed by atoms with Gasteiger partial charge >= 0.3 is 0 Å². The van der Waals surface area contributed by atoms with E-state index in [0.29, 0.717) is 5.56 Å². The smallest absolute Gasteiger partial charge is 0.213 e. The Bertz CT molecular complexity index is 679. The molecule has 1 aliphatic carbocycles. The number of carbonyl (C=O) groups excluding carboxylic acids is 2. The van der Waals surface area contributed by atoms with Gasteiger partial charge in [0.2, 0.25) is 5.78 Å². The summed E-state index contributed by atoms with van der Waals surface area (Å²) in [5, 5.41) is 9.13. The summed E-state index contributed by atoms with van der Waals surface area (Å²) in [7, 11) is 0. The zero-order chi connectivity index (χ0) is 15.8. The molecule has 110 valence electrons. The standard InChI is InChI=1S/C14H8Cl4O3/c15-9-10(16)12(18)14(21,13(20)11(9)17)6-8(19)7-4-2-1-3-5-7/h1-5,21H,6H2. The van der Waals surface area contributed by atoms with E-state index >= 15 is 0 Å². The van der Waals surface area contributed by atoms with Crippen LogP contribution < -0.4 is 0 Å². The summed E-state index contributed by atoms with van der Waals surface area (Å²) < 4.78 is 0. The Kier molecular flexibility index (Phi) is 4.81. The first-order chi connectivity index (χ1) is 9.79. The average Bonchev–Trinajstić information content (AvgIpc) is 2.50. The first-order valence-electron chi connectivity index (χ1n) is 5.76. The van der Waals surface area contributed by atoms with Crippen molar-refractivity contribution in [2.75, 3.05) is 0 Å². The molecule has 1 atom stereocenters. The molecule has 3 nitrogen and oxygen atoms in total. The molecule has 1 N–H and O–H groups in total. The number of hydrogen-bond donors (Lipinski definition) is 1. The Labute approximate surface area is 140 Å². The predicted molar refractivity (Wildman–Crippen MR) is 82.8 cm³/mol. The van der Waals surface area contributed by atoms with Gasteiger partial charge in [-0.05, 0) is 0 Å². The Morgan fingerprint density at radius 3 is 2.14 bits per heavy atom. The van der Waals surface area contributed by atoms with Gasteiger partial charge in [-0.3, -0.25) is 9.59 Å². The molecule has 1 unspecified atom stereocenters. The van der Waals surface area contributed by atoms with Gasteiger partial charge in [0.1, 0.15) is 5.03 Å². The van der Waals surface area contributed by atoms with Gasteiger partial charge in [0, 0.05) is 5.56 Å². The largest absolute Gasteiger partial charge is 0.375 e. The molecule has 21 heavy (non-hydrogen) atoms. The molecule has 0 heterocycles. The van der Waals surface area contributed by atoms with Crippen molar-refractivity contribution in [1.82, 2.24) is 0 Å². The number of hydrogen-bond acceptors (Lipinski definition) is 3. The fourth-order valence-corrected chi connectivity index (χ4v) is 2.90. The van der Waals surface area contributed by atoms with Gasteiger partial charge in [-0.25, -0.2) is 0 Å². The van der Waals surface area contributed by atoms with Crippen LogP contribution in [-0.2, 0) is 4.79 Å². The lowest BCUT2D eigenvalue weighted by Crippen LogP contribution is -2.44. The van der Waals surface area contributed by atoms with Gasteiger partial charge in [-0.1, -0.05) is 76.7 Å². The van der Waals surface area contributed by atoms with Crippen molar-refractivity contribution in [3.8, 4) is 0 Å². The third-order valence-electron chi connectivity index (χ3n) is 3.03. The van der Waals surface area contributed by atoms with Gasteiger partial charge in [-0.15, -0.1) is 0 Å². The number of ketones is 2. The molecule has 1 aromatic rings. The third-order valence-corrected chi connectivity index (χ3v) is 4.94. The monoisotopic (exact) mass is 364 g/mol. The van der Waals surface area contributed by atoms with Crippen molar-refractivity contribution >= 4 is 58.0 Å². The van der Waals surface area contributed by atoms with Crippen LogP contribution in [-0.4, -0.2) is 22.3 Å². The lowest BCUT2D eigenvalue weighted by molar-refractivity contribution is -0.128. The highest BCUT2D eigenvalue weighted by atomic mass is 35.5. The van der Waals surface area contributed by atoms with Crippen LogP contribution >= 0.6 is 46.4 Å². The van der Waals surface area contributed by atoms with E-state index in [0.717, 1.165) is 0 Å². The first kappa shape index (κ1) is 16.5. The molecule has 0 saturated carbocycles. The molecule has 1 aromatic carbocycles. The number of allylic oxidation sites excluding steroid dienone is 2. The lowest BCUT2D eigenvalue weighted by Gasteiger charge is -2.29. The van der Waals surface area contributed by atoms with Gasteiger partial charge in [0.05, 0.1) is 21.5 Å². The first-order valence-corrected chi connectivity index (χ1v) is 7.27.